The Morgan fingerprint density at radius 2 is 2.12 bits per heavy atom. The quantitative estimate of drug-likeness (QED) is 0.594. The standard InChI is InChI=1S/C16H24N6OS/c1-20-6-4-13(15-14(20)3-2-5-17-15)18-19-16(24)22-9-7-21(8-10-22)11-12-23/h2-3,5,23H,4,6-12H2,1H3,(H,19,24)/b18-13-. The van der Waals surface area contributed by atoms with Crippen molar-refractivity contribution in [1.82, 2.24) is 20.2 Å². The zero-order chi connectivity index (χ0) is 16.9. The first-order chi connectivity index (χ1) is 11.7. The van der Waals surface area contributed by atoms with Crippen LogP contribution in [-0.4, -0.2) is 83.6 Å². The number of thiocarbonyl (C=S) groups is 1. The molecule has 0 bridgehead atoms. The maximum absolute atomic E-state index is 9.00. The van der Waals surface area contributed by atoms with Crippen LogP contribution in [0.3, 0.4) is 0 Å². The topological polar surface area (TPSA) is 67.2 Å². The highest BCUT2D eigenvalue weighted by Crippen LogP contribution is 2.23. The molecule has 130 valence electrons. The number of rotatable bonds is 3. The van der Waals surface area contributed by atoms with E-state index in [9.17, 15) is 0 Å². The molecule has 0 unspecified atom stereocenters. The second-order valence-corrected chi connectivity index (χ2v) is 6.46. The Labute approximate surface area is 148 Å². The van der Waals surface area contributed by atoms with Gasteiger partial charge in [0.15, 0.2) is 5.11 Å². The van der Waals surface area contributed by atoms with Crippen molar-refractivity contribution in [2.75, 3.05) is 57.8 Å². The van der Waals surface area contributed by atoms with Gasteiger partial charge in [-0.05, 0) is 24.4 Å². The van der Waals surface area contributed by atoms with E-state index in [0.717, 1.165) is 62.8 Å². The first-order valence-electron chi connectivity index (χ1n) is 8.30. The number of anilines is 1. The van der Waals surface area contributed by atoms with Crippen LogP contribution in [0.2, 0.25) is 0 Å². The molecule has 0 amide bonds. The number of β-amino-alcohol motifs (C(OH)–C–C–N with tert-alkyl or cyclic N) is 1. The second kappa shape index (κ2) is 7.87. The van der Waals surface area contributed by atoms with Gasteiger partial charge < -0.3 is 14.9 Å². The van der Waals surface area contributed by atoms with Gasteiger partial charge >= 0.3 is 0 Å². The summed E-state index contributed by atoms with van der Waals surface area (Å²) in [6.07, 6.45) is 2.65. The number of nitrogens with zero attached hydrogens (tertiary/aromatic N) is 5. The van der Waals surface area contributed by atoms with E-state index in [-0.39, 0.29) is 6.61 Å². The summed E-state index contributed by atoms with van der Waals surface area (Å²) in [5.74, 6) is 0. The Morgan fingerprint density at radius 1 is 1.33 bits per heavy atom. The molecule has 3 rings (SSSR count). The molecular formula is C16H24N6OS. The Kier molecular flexibility index (Phi) is 5.60. The zero-order valence-electron chi connectivity index (χ0n) is 14.0. The van der Waals surface area contributed by atoms with E-state index in [1.54, 1.807) is 6.20 Å². The number of hydrogen-bond acceptors (Lipinski definition) is 6. The van der Waals surface area contributed by atoms with Gasteiger partial charge in [-0.2, -0.15) is 5.10 Å². The monoisotopic (exact) mass is 348 g/mol. The van der Waals surface area contributed by atoms with Crippen LogP contribution < -0.4 is 10.3 Å². The lowest BCUT2D eigenvalue weighted by Crippen LogP contribution is -2.51. The van der Waals surface area contributed by atoms with E-state index in [4.69, 9.17) is 17.3 Å². The lowest BCUT2D eigenvalue weighted by Gasteiger charge is -2.35. The third-order valence-corrected chi connectivity index (χ3v) is 4.87. The molecule has 2 N–H and O–H groups in total. The number of hydrogen-bond donors (Lipinski definition) is 2. The molecule has 24 heavy (non-hydrogen) atoms. The highest BCUT2D eigenvalue weighted by atomic mass is 32.1. The van der Waals surface area contributed by atoms with Crippen LogP contribution >= 0.6 is 12.2 Å². The molecule has 1 fully saturated rings. The lowest BCUT2D eigenvalue weighted by atomic mass is 10.1. The predicted molar refractivity (Wildman–Crippen MR) is 99.5 cm³/mol. The fraction of sp³-hybridized carbons (Fsp3) is 0.562. The molecule has 0 aliphatic carbocycles. The van der Waals surface area contributed by atoms with E-state index < -0.39 is 0 Å². The largest absolute Gasteiger partial charge is 0.395 e. The number of aromatic nitrogens is 1. The Balaban J connectivity index is 1.60. The van der Waals surface area contributed by atoms with Crippen molar-refractivity contribution in [3.8, 4) is 0 Å². The summed E-state index contributed by atoms with van der Waals surface area (Å²) < 4.78 is 0. The van der Waals surface area contributed by atoms with E-state index in [1.807, 2.05) is 6.07 Å². The van der Waals surface area contributed by atoms with E-state index in [0.29, 0.717) is 5.11 Å². The molecule has 0 saturated carbocycles. The average molecular weight is 348 g/mol. The van der Waals surface area contributed by atoms with Crippen molar-refractivity contribution < 1.29 is 5.11 Å². The fourth-order valence-electron chi connectivity index (χ4n) is 3.05. The van der Waals surface area contributed by atoms with Crippen molar-refractivity contribution in [1.29, 1.82) is 0 Å². The highest BCUT2D eigenvalue weighted by molar-refractivity contribution is 7.80. The maximum Gasteiger partial charge on any atom is 0.189 e. The number of pyridine rings is 1. The summed E-state index contributed by atoms with van der Waals surface area (Å²) in [6.45, 7) is 5.39. The molecule has 0 aromatic carbocycles. The number of fused-ring (bicyclic) bond motifs is 1. The lowest BCUT2D eigenvalue weighted by molar-refractivity contribution is 0.146. The van der Waals surface area contributed by atoms with Crippen molar-refractivity contribution >= 4 is 28.7 Å². The maximum atomic E-state index is 9.00. The molecule has 7 nitrogen and oxygen atoms in total. The number of aliphatic hydroxyl groups excluding tert-OH is 1. The van der Waals surface area contributed by atoms with Crippen molar-refractivity contribution in [3.63, 3.8) is 0 Å². The summed E-state index contributed by atoms with van der Waals surface area (Å²) >= 11 is 5.48. The fourth-order valence-corrected chi connectivity index (χ4v) is 3.28. The smallest absolute Gasteiger partial charge is 0.189 e. The number of aliphatic hydroxyl groups is 1. The molecule has 2 aliphatic rings. The predicted octanol–water partition coefficient (Wildman–Crippen LogP) is 0.110. The molecular weight excluding hydrogens is 324 g/mol. The van der Waals surface area contributed by atoms with Gasteiger partial charge in [0, 0.05) is 58.9 Å². The molecule has 0 atom stereocenters. The van der Waals surface area contributed by atoms with Gasteiger partial charge in [-0.15, -0.1) is 0 Å². The Morgan fingerprint density at radius 3 is 2.88 bits per heavy atom. The third-order valence-electron chi connectivity index (χ3n) is 4.52. The van der Waals surface area contributed by atoms with Crippen LogP contribution in [0.25, 0.3) is 0 Å². The molecule has 2 aliphatic heterocycles. The molecule has 3 heterocycles. The summed E-state index contributed by atoms with van der Waals surface area (Å²) in [5.41, 5.74) is 6.02. The van der Waals surface area contributed by atoms with Crippen LogP contribution in [-0.2, 0) is 0 Å². The average Bonchev–Trinajstić information content (AvgIpc) is 2.62. The second-order valence-electron chi connectivity index (χ2n) is 6.07. The molecule has 0 spiro atoms. The minimum Gasteiger partial charge on any atom is -0.395 e. The molecule has 1 aromatic rings. The minimum atomic E-state index is 0.206. The van der Waals surface area contributed by atoms with Gasteiger partial charge in [0.05, 0.1) is 18.0 Å². The zero-order valence-corrected chi connectivity index (χ0v) is 14.8. The number of nitrogens with one attached hydrogen (secondary N) is 1. The van der Waals surface area contributed by atoms with Crippen molar-refractivity contribution in [2.45, 2.75) is 6.42 Å². The summed E-state index contributed by atoms with van der Waals surface area (Å²) in [5, 5.41) is 14.2. The highest BCUT2D eigenvalue weighted by Gasteiger charge is 2.21. The van der Waals surface area contributed by atoms with Crippen LogP contribution in [0.1, 0.15) is 12.1 Å². The summed E-state index contributed by atoms with van der Waals surface area (Å²) in [7, 11) is 2.07. The van der Waals surface area contributed by atoms with Gasteiger partial charge in [0.2, 0.25) is 0 Å². The first-order valence-corrected chi connectivity index (χ1v) is 8.71. The molecule has 8 heteroatoms. The number of piperazine rings is 1. The first kappa shape index (κ1) is 17.1. The Bertz CT molecular complexity index is 614. The van der Waals surface area contributed by atoms with Crippen LogP contribution in [0.4, 0.5) is 5.69 Å². The van der Waals surface area contributed by atoms with Crippen molar-refractivity contribution in [2.24, 2.45) is 5.10 Å². The van der Waals surface area contributed by atoms with Crippen LogP contribution in [0.15, 0.2) is 23.4 Å². The normalized spacial score (nSPS) is 20.2. The van der Waals surface area contributed by atoms with Gasteiger partial charge in [0.1, 0.15) is 5.69 Å². The van der Waals surface area contributed by atoms with E-state index >= 15 is 0 Å². The minimum absolute atomic E-state index is 0.206. The van der Waals surface area contributed by atoms with E-state index in [1.165, 1.54) is 0 Å². The SMILES string of the molecule is CN1CC/C(=N/NC(=S)N2CCN(CCO)CC2)c2ncccc21. The van der Waals surface area contributed by atoms with Gasteiger partial charge in [0.25, 0.3) is 0 Å². The summed E-state index contributed by atoms with van der Waals surface area (Å²) in [4.78, 5) is 11.0. The van der Waals surface area contributed by atoms with Crippen molar-refractivity contribution in [3.05, 3.63) is 24.0 Å². The van der Waals surface area contributed by atoms with Gasteiger partial charge in [-0.3, -0.25) is 15.3 Å². The van der Waals surface area contributed by atoms with Gasteiger partial charge in [-0.1, -0.05) is 0 Å². The van der Waals surface area contributed by atoms with Gasteiger partial charge in [-0.25, -0.2) is 0 Å². The third kappa shape index (κ3) is 3.82. The number of hydrazone groups is 1. The summed E-state index contributed by atoms with van der Waals surface area (Å²) in [6, 6.07) is 4.01. The molecule has 1 aromatic heterocycles. The molecule has 0 radical (unpaired) electrons. The van der Waals surface area contributed by atoms with Crippen LogP contribution in [0.5, 0.6) is 0 Å². The van der Waals surface area contributed by atoms with E-state index in [2.05, 4.69) is 43.3 Å². The Hall–Kier alpha value is -1.77. The molecule has 1 saturated heterocycles. The van der Waals surface area contributed by atoms with Crippen LogP contribution in [0, 0.1) is 0 Å².